The molecule has 1 aliphatic carbocycles. The number of pyridine rings is 2. The minimum atomic E-state index is -0.213. The zero-order valence-electron chi connectivity index (χ0n) is 17.6. The number of amides is 1. The van der Waals surface area contributed by atoms with Gasteiger partial charge < -0.3 is 10.6 Å². The van der Waals surface area contributed by atoms with Crippen molar-refractivity contribution >= 4 is 28.1 Å². The Bertz CT molecular complexity index is 1190. The summed E-state index contributed by atoms with van der Waals surface area (Å²) in [5.74, 6) is 0.683. The van der Waals surface area contributed by atoms with Crippen molar-refractivity contribution in [2.75, 3.05) is 10.6 Å². The molecule has 3 heterocycles. The first-order chi connectivity index (χ1) is 15.8. The molecular formula is C26H24N4OS. The van der Waals surface area contributed by atoms with E-state index in [0.29, 0.717) is 5.56 Å². The number of nitrogens with zero attached hydrogens (tertiary/aromatic N) is 2. The Morgan fingerprint density at radius 3 is 2.38 bits per heavy atom. The van der Waals surface area contributed by atoms with Crippen molar-refractivity contribution in [3.63, 3.8) is 0 Å². The van der Waals surface area contributed by atoms with E-state index >= 15 is 0 Å². The number of anilines is 2. The third-order valence-corrected chi connectivity index (χ3v) is 6.93. The summed E-state index contributed by atoms with van der Waals surface area (Å²) in [5, 5.41) is 7.69. The molecule has 0 radical (unpaired) electrons. The zero-order chi connectivity index (χ0) is 21.8. The second-order valence-corrected chi connectivity index (χ2v) is 8.93. The van der Waals surface area contributed by atoms with Gasteiger partial charge in [0.25, 0.3) is 5.91 Å². The Kier molecular flexibility index (Phi) is 5.94. The molecule has 5 rings (SSSR count). The van der Waals surface area contributed by atoms with E-state index in [9.17, 15) is 4.79 Å². The maximum Gasteiger partial charge on any atom is 0.256 e. The van der Waals surface area contributed by atoms with Gasteiger partial charge in [-0.2, -0.15) is 0 Å². The van der Waals surface area contributed by atoms with Crippen LogP contribution in [0.15, 0.2) is 79.1 Å². The summed E-state index contributed by atoms with van der Waals surface area (Å²) < 4.78 is 0. The largest absolute Gasteiger partial charge is 0.357 e. The van der Waals surface area contributed by atoms with Crippen molar-refractivity contribution in [1.82, 2.24) is 9.97 Å². The first-order valence-electron chi connectivity index (χ1n) is 10.9. The summed E-state index contributed by atoms with van der Waals surface area (Å²) in [6.45, 7) is 0. The molecule has 0 fully saturated rings. The molecule has 4 aromatic rings. The molecule has 3 aromatic heterocycles. The summed E-state index contributed by atoms with van der Waals surface area (Å²) in [6.07, 6.45) is 7.98. The van der Waals surface area contributed by atoms with Gasteiger partial charge in [0.1, 0.15) is 10.8 Å². The van der Waals surface area contributed by atoms with Crippen LogP contribution in [0.3, 0.4) is 0 Å². The highest BCUT2D eigenvalue weighted by Crippen LogP contribution is 2.44. The van der Waals surface area contributed by atoms with Gasteiger partial charge in [-0.3, -0.25) is 9.78 Å². The van der Waals surface area contributed by atoms with Crippen LogP contribution in [0.4, 0.5) is 10.8 Å². The summed E-state index contributed by atoms with van der Waals surface area (Å²) in [5.41, 5.74) is 4.00. The predicted molar refractivity (Wildman–Crippen MR) is 129 cm³/mol. The Balaban J connectivity index is 1.59. The van der Waals surface area contributed by atoms with Gasteiger partial charge in [0.2, 0.25) is 0 Å². The number of hydrogen-bond acceptors (Lipinski definition) is 5. The second-order valence-electron chi connectivity index (χ2n) is 7.82. The molecule has 1 amide bonds. The molecule has 1 aliphatic rings. The highest BCUT2D eigenvalue weighted by Gasteiger charge is 2.29. The molecule has 32 heavy (non-hydrogen) atoms. The topological polar surface area (TPSA) is 66.9 Å². The molecule has 6 heteroatoms. The van der Waals surface area contributed by atoms with Crippen molar-refractivity contribution in [1.29, 1.82) is 0 Å². The molecule has 0 bridgehead atoms. The average Bonchev–Trinajstić information content (AvgIpc) is 3.22. The fourth-order valence-electron chi connectivity index (χ4n) is 4.19. The van der Waals surface area contributed by atoms with E-state index in [2.05, 4.69) is 20.6 Å². The maximum absolute atomic E-state index is 13.0. The fourth-order valence-corrected chi connectivity index (χ4v) is 5.51. The number of hydrogen-bond donors (Lipinski definition) is 2. The lowest BCUT2D eigenvalue weighted by Crippen LogP contribution is -2.19. The lowest BCUT2D eigenvalue weighted by Gasteiger charge is -2.23. The molecule has 0 spiro atoms. The number of aryl methyl sites for hydroxylation is 1. The quantitative estimate of drug-likeness (QED) is 0.393. The van der Waals surface area contributed by atoms with E-state index in [1.165, 1.54) is 16.9 Å². The number of nitrogens with one attached hydrogen (secondary N) is 2. The van der Waals surface area contributed by atoms with Crippen molar-refractivity contribution in [2.45, 2.75) is 31.7 Å². The summed E-state index contributed by atoms with van der Waals surface area (Å²) in [7, 11) is 0. The molecule has 0 saturated carbocycles. The molecular weight excluding hydrogens is 416 g/mol. The van der Waals surface area contributed by atoms with Crippen LogP contribution in [0.25, 0.3) is 0 Å². The Morgan fingerprint density at radius 1 is 0.875 bits per heavy atom. The number of aromatic nitrogens is 2. The normalized spacial score (nSPS) is 13.8. The molecule has 0 aliphatic heterocycles. The van der Waals surface area contributed by atoms with Gasteiger partial charge in [-0.05, 0) is 67.6 Å². The lowest BCUT2D eigenvalue weighted by atomic mass is 9.91. The van der Waals surface area contributed by atoms with Crippen LogP contribution in [0.2, 0.25) is 0 Å². The van der Waals surface area contributed by atoms with E-state index < -0.39 is 0 Å². The first kappa shape index (κ1) is 20.4. The smallest absolute Gasteiger partial charge is 0.256 e. The molecule has 0 saturated heterocycles. The Hall–Kier alpha value is -3.51. The van der Waals surface area contributed by atoms with Gasteiger partial charge in [0, 0.05) is 28.4 Å². The number of fused-ring (bicyclic) bond motifs is 1. The Morgan fingerprint density at radius 2 is 1.62 bits per heavy atom. The van der Waals surface area contributed by atoms with Gasteiger partial charge in [-0.1, -0.05) is 30.3 Å². The predicted octanol–water partition coefficient (Wildman–Crippen LogP) is 5.87. The van der Waals surface area contributed by atoms with Crippen molar-refractivity contribution in [2.24, 2.45) is 0 Å². The SMILES string of the molecule is O=C(Nc1sc2c(c1[C@@H](Nc1ccccn1)c1ccccn1)CCCC2)c1ccccc1. The maximum atomic E-state index is 13.0. The zero-order valence-corrected chi connectivity index (χ0v) is 18.4. The van der Waals surface area contributed by atoms with Gasteiger partial charge in [0.05, 0.1) is 11.7 Å². The molecule has 0 unspecified atom stereocenters. The lowest BCUT2D eigenvalue weighted by molar-refractivity contribution is 0.102. The van der Waals surface area contributed by atoms with Crippen LogP contribution in [0, 0.1) is 0 Å². The number of carbonyl (C=O) groups is 1. The number of carbonyl (C=O) groups excluding carboxylic acids is 1. The van der Waals surface area contributed by atoms with E-state index in [1.54, 1.807) is 17.5 Å². The van der Waals surface area contributed by atoms with Crippen molar-refractivity contribution in [3.05, 3.63) is 106 Å². The first-order valence-corrected chi connectivity index (χ1v) is 11.7. The average molecular weight is 441 g/mol. The molecule has 5 nitrogen and oxygen atoms in total. The van der Waals surface area contributed by atoms with Crippen molar-refractivity contribution in [3.8, 4) is 0 Å². The van der Waals surface area contributed by atoms with Crippen LogP contribution in [0.1, 0.15) is 50.9 Å². The Labute approximate surface area is 191 Å². The van der Waals surface area contributed by atoms with E-state index in [-0.39, 0.29) is 11.9 Å². The van der Waals surface area contributed by atoms with E-state index in [1.807, 2.05) is 72.9 Å². The third-order valence-electron chi connectivity index (χ3n) is 5.70. The van der Waals surface area contributed by atoms with E-state index in [0.717, 1.165) is 41.3 Å². The third kappa shape index (κ3) is 4.27. The van der Waals surface area contributed by atoms with Gasteiger partial charge in [0.15, 0.2) is 0 Å². The molecule has 1 aromatic carbocycles. The van der Waals surface area contributed by atoms with Gasteiger partial charge >= 0.3 is 0 Å². The van der Waals surface area contributed by atoms with Crippen LogP contribution in [0.5, 0.6) is 0 Å². The highest BCUT2D eigenvalue weighted by molar-refractivity contribution is 7.16. The minimum absolute atomic E-state index is 0.0944. The fraction of sp³-hybridized carbons (Fsp3) is 0.192. The molecule has 160 valence electrons. The number of rotatable bonds is 6. The second kappa shape index (κ2) is 9.32. The summed E-state index contributed by atoms with van der Waals surface area (Å²) in [6, 6.07) is 20.9. The summed E-state index contributed by atoms with van der Waals surface area (Å²) in [4.78, 5) is 23.5. The van der Waals surface area contributed by atoms with Crippen LogP contribution >= 0.6 is 11.3 Å². The van der Waals surface area contributed by atoms with Gasteiger partial charge in [-0.25, -0.2) is 4.98 Å². The number of thiophene rings is 1. The summed E-state index contributed by atoms with van der Waals surface area (Å²) >= 11 is 1.70. The van der Waals surface area contributed by atoms with Gasteiger partial charge in [-0.15, -0.1) is 11.3 Å². The minimum Gasteiger partial charge on any atom is -0.357 e. The van der Waals surface area contributed by atoms with Crippen LogP contribution < -0.4 is 10.6 Å². The van der Waals surface area contributed by atoms with Crippen molar-refractivity contribution < 1.29 is 4.79 Å². The van der Waals surface area contributed by atoms with Crippen LogP contribution in [-0.4, -0.2) is 15.9 Å². The standard InChI is InChI=1S/C26H24N4OS/c31-25(18-10-2-1-3-11-18)30-26-23(19-12-4-5-14-21(19)32-26)24(20-13-6-8-16-27-20)29-22-15-7-9-17-28-22/h1-3,6-11,13,15-17,24H,4-5,12,14H2,(H,28,29)(H,30,31)/t24-/m0/s1. The highest BCUT2D eigenvalue weighted by atomic mass is 32.1. The van der Waals surface area contributed by atoms with E-state index in [4.69, 9.17) is 0 Å². The number of benzene rings is 1. The molecule has 1 atom stereocenters. The molecule has 2 N–H and O–H groups in total. The van der Waals surface area contributed by atoms with Crippen LogP contribution in [-0.2, 0) is 12.8 Å². The monoisotopic (exact) mass is 440 g/mol.